The van der Waals surface area contributed by atoms with Crippen molar-refractivity contribution in [3.05, 3.63) is 35.9 Å². The maximum Gasteiger partial charge on any atom is 0.326 e. The molecule has 2 N–H and O–H groups in total. The molecule has 0 radical (unpaired) electrons. The van der Waals surface area contributed by atoms with Gasteiger partial charge in [0.15, 0.2) is 0 Å². The Hall–Kier alpha value is -1.49. The molecule has 108 valence electrons. The SMILES string of the molecule is CSCCC(NC(=O)C1CC1c1ccccc1)C(=O)O. The van der Waals surface area contributed by atoms with Crippen LogP contribution in [0.1, 0.15) is 24.3 Å². The first-order chi connectivity index (χ1) is 9.63. The van der Waals surface area contributed by atoms with E-state index in [4.69, 9.17) is 5.11 Å². The van der Waals surface area contributed by atoms with Crippen LogP contribution in [0.15, 0.2) is 30.3 Å². The second kappa shape index (κ2) is 6.79. The standard InChI is InChI=1S/C15H19NO3S/c1-20-8-7-13(15(18)19)16-14(17)12-9-11(12)10-5-3-2-4-6-10/h2-6,11-13H,7-9H2,1H3,(H,16,17)(H,18,19). The Balaban J connectivity index is 1.88. The van der Waals surface area contributed by atoms with Gasteiger partial charge in [0.1, 0.15) is 6.04 Å². The highest BCUT2D eigenvalue weighted by molar-refractivity contribution is 7.98. The van der Waals surface area contributed by atoms with Crippen LogP contribution in [-0.4, -0.2) is 35.0 Å². The number of amides is 1. The minimum absolute atomic E-state index is 0.0754. The number of hydrogen-bond donors (Lipinski definition) is 2. The van der Waals surface area contributed by atoms with Crippen molar-refractivity contribution in [1.82, 2.24) is 5.32 Å². The number of nitrogens with one attached hydrogen (secondary N) is 1. The molecule has 3 atom stereocenters. The molecule has 0 heterocycles. The fourth-order valence-electron chi connectivity index (χ4n) is 2.33. The molecule has 1 aliphatic carbocycles. The predicted octanol–water partition coefficient (Wildman–Crippen LogP) is 2.11. The number of carboxylic acid groups (broad SMARTS) is 1. The molecule has 0 aromatic heterocycles. The van der Waals surface area contributed by atoms with Crippen molar-refractivity contribution >= 4 is 23.6 Å². The zero-order valence-corrected chi connectivity index (χ0v) is 12.2. The summed E-state index contributed by atoms with van der Waals surface area (Å²) in [5.41, 5.74) is 1.16. The van der Waals surface area contributed by atoms with Crippen LogP contribution in [0.3, 0.4) is 0 Å². The third kappa shape index (κ3) is 3.76. The van der Waals surface area contributed by atoms with Gasteiger partial charge >= 0.3 is 5.97 Å². The fourth-order valence-corrected chi connectivity index (χ4v) is 2.80. The van der Waals surface area contributed by atoms with Gasteiger partial charge in [-0.05, 0) is 36.3 Å². The highest BCUT2D eigenvalue weighted by atomic mass is 32.2. The third-order valence-electron chi connectivity index (χ3n) is 3.58. The lowest BCUT2D eigenvalue weighted by molar-refractivity contribution is -0.142. The largest absolute Gasteiger partial charge is 0.480 e. The van der Waals surface area contributed by atoms with E-state index in [2.05, 4.69) is 5.32 Å². The zero-order valence-electron chi connectivity index (χ0n) is 11.4. The molecule has 3 unspecified atom stereocenters. The van der Waals surface area contributed by atoms with E-state index in [-0.39, 0.29) is 17.7 Å². The summed E-state index contributed by atoms with van der Waals surface area (Å²) >= 11 is 1.58. The van der Waals surface area contributed by atoms with E-state index in [9.17, 15) is 9.59 Å². The Morgan fingerprint density at radius 2 is 2.10 bits per heavy atom. The Kier molecular flexibility index (Phi) is 5.06. The maximum absolute atomic E-state index is 12.1. The van der Waals surface area contributed by atoms with Crippen molar-refractivity contribution in [2.45, 2.75) is 24.8 Å². The minimum atomic E-state index is -0.954. The Morgan fingerprint density at radius 1 is 1.40 bits per heavy atom. The number of benzene rings is 1. The van der Waals surface area contributed by atoms with E-state index in [1.807, 2.05) is 36.6 Å². The van der Waals surface area contributed by atoms with Crippen LogP contribution in [0, 0.1) is 5.92 Å². The van der Waals surface area contributed by atoms with Gasteiger partial charge in [-0.15, -0.1) is 0 Å². The molecule has 1 aromatic rings. The molecule has 1 aromatic carbocycles. The Bertz CT molecular complexity index is 477. The van der Waals surface area contributed by atoms with Gasteiger partial charge in [-0.25, -0.2) is 4.79 Å². The van der Waals surface area contributed by atoms with Crippen molar-refractivity contribution in [3.8, 4) is 0 Å². The second-order valence-electron chi connectivity index (χ2n) is 5.04. The summed E-state index contributed by atoms with van der Waals surface area (Å²) < 4.78 is 0. The number of carbonyl (C=O) groups is 2. The van der Waals surface area contributed by atoms with Gasteiger partial charge in [-0.2, -0.15) is 11.8 Å². The fraction of sp³-hybridized carbons (Fsp3) is 0.467. The molecule has 0 aliphatic heterocycles. The third-order valence-corrected chi connectivity index (χ3v) is 4.22. The second-order valence-corrected chi connectivity index (χ2v) is 6.03. The average Bonchev–Trinajstić information content (AvgIpc) is 3.24. The summed E-state index contributed by atoms with van der Waals surface area (Å²) in [5, 5.41) is 11.8. The normalized spacial score (nSPS) is 22.1. The lowest BCUT2D eigenvalue weighted by atomic mass is 10.1. The molecule has 1 fully saturated rings. The molecule has 1 aliphatic rings. The topological polar surface area (TPSA) is 66.4 Å². The number of hydrogen-bond acceptors (Lipinski definition) is 3. The van der Waals surface area contributed by atoms with Crippen LogP contribution in [0.4, 0.5) is 0 Å². The highest BCUT2D eigenvalue weighted by Gasteiger charge is 2.44. The van der Waals surface area contributed by atoms with Gasteiger partial charge in [0.25, 0.3) is 0 Å². The molecule has 2 rings (SSSR count). The van der Waals surface area contributed by atoms with E-state index in [1.54, 1.807) is 11.8 Å². The highest BCUT2D eigenvalue weighted by Crippen LogP contribution is 2.47. The van der Waals surface area contributed by atoms with E-state index in [0.717, 1.165) is 17.7 Å². The van der Waals surface area contributed by atoms with Crippen LogP contribution < -0.4 is 5.32 Å². The van der Waals surface area contributed by atoms with Crippen molar-refractivity contribution in [2.24, 2.45) is 5.92 Å². The maximum atomic E-state index is 12.1. The van der Waals surface area contributed by atoms with Crippen LogP contribution in [-0.2, 0) is 9.59 Å². The first-order valence-electron chi connectivity index (χ1n) is 6.70. The van der Waals surface area contributed by atoms with Crippen molar-refractivity contribution < 1.29 is 14.7 Å². The van der Waals surface area contributed by atoms with Gasteiger partial charge in [-0.3, -0.25) is 4.79 Å². The molecule has 1 amide bonds. The van der Waals surface area contributed by atoms with Crippen LogP contribution >= 0.6 is 11.8 Å². The number of aliphatic carboxylic acids is 1. The number of thioether (sulfide) groups is 1. The van der Waals surface area contributed by atoms with E-state index >= 15 is 0 Å². The number of carbonyl (C=O) groups excluding carboxylic acids is 1. The smallest absolute Gasteiger partial charge is 0.326 e. The lowest BCUT2D eigenvalue weighted by Crippen LogP contribution is -2.42. The van der Waals surface area contributed by atoms with Gasteiger partial charge in [0.05, 0.1) is 0 Å². The first-order valence-corrected chi connectivity index (χ1v) is 8.10. The minimum Gasteiger partial charge on any atom is -0.480 e. The van der Waals surface area contributed by atoms with E-state index in [0.29, 0.717) is 6.42 Å². The summed E-state index contributed by atoms with van der Waals surface area (Å²) in [7, 11) is 0. The lowest BCUT2D eigenvalue weighted by Gasteiger charge is -2.13. The summed E-state index contributed by atoms with van der Waals surface area (Å²) in [4.78, 5) is 23.2. The Labute approximate surface area is 123 Å². The monoisotopic (exact) mass is 293 g/mol. The van der Waals surface area contributed by atoms with Gasteiger partial charge < -0.3 is 10.4 Å². The number of carboxylic acids is 1. The van der Waals surface area contributed by atoms with E-state index in [1.165, 1.54) is 0 Å². The molecule has 4 nitrogen and oxygen atoms in total. The van der Waals surface area contributed by atoms with Crippen molar-refractivity contribution in [1.29, 1.82) is 0 Å². The van der Waals surface area contributed by atoms with Crippen LogP contribution in [0.2, 0.25) is 0 Å². The number of rotatable bonds is 7. The van der Waals surface area contributed by atoms with Gasteiger partial charge in [0.2, 0.25) is 5.91 Å². The van der Waals surface area contributed by atoms with Gasteiger partial charge in [-0.1, -0.05) is 30.3 Å². The molecular formula is C15H19NO3S. The summed E-state index contributed by atoms with van der Waals surface area (Å²) in [5.74, 6) is -0.194. The molecule has 20 heavy (non-hydrogen) atoms. The van der Waals surface area contributed by atoms with Gasteiger partial charge in [0, 0.05) is 5.92 Å². The van der Waals surface area contributed by atoms with Crippen molar-refractivity contribution in [3.63, 3.8) is 0 Å². The first kappa shape index (κ1) is 14.9. The van der Waals surface area contributed by atoms with Crippen LogP contribution in [0.25, 0.3) is 0 Å². The predicted molar refractivity (Wildman–Crippen MR) is 79.9 cm³/mol. The molecule has 0 spiro atoms. The summed E-state index contributed by atoms with van der Waals surface area (Å²) in [6.45, 7) is 0. The molecular weight excluding hydrogens is 274 g/mol. The molecule has 0 bridgehead atoms. The Morgan fingerprint density at radius 3 is 2.70 bits per heavy atom. The summed E-state index contributed by atoms with van der Waals surface area (Å²) in [6, 6.07) is 9.12. The quantitative estimate of drug-likeness (QED) is 0.808. The zero-order chi connectivity index (χ0) is 14.5. The molecule has 1 saturated carbocycles. The van der Waals surface area contributed by atoms with Crippen molar-refractivity contribution in [2.75, 3.05) is 12.0 Å². The molecule has 5 heteroatoms. The molecule has 0 saturated heterocycles. The van der Waals surface area contributed by atoms with E-state index < -0.39 is 12.0 Å². The van der Waals surface area contributed by atoms with Crippen LogP contribution in [0.5, 0.6) is 0 Å². The average molecular weight is 293 g/mol. The summed E-state index contributed by atoms with van der Waals surface area (Å²) in [6.07, 6.45) is 3.20.